The Morgan fingerprint density at radius 1 is 1.35 bits per heavy atom. The second-order valence-electron chi connectivity index (χ2n) is 4.89. The number of rotatable bonds is 3. The van der Waals surface area contributed by atoms with Gasteiger partial charge in [-0.2, -0.15) is 4.98 Å². The van der Waals surface area contributed by atoms with Gasteiger partial charge in [0.05, 0.1) is 6.61 Å². The van der Waals surface area contributed by atoms with Crippen molar-refractivity contribution in [3.8, 4) is 0 Å². The van der Waals surface area contributed by atoms with E-state index in [2.05, 4.69) is 15.0 Å². The number of aromatic nitrogens is 2. The van der Waals surface area contributed by atoms with Gasteiger partial charge in [-0.3, -0.25) is 4.90 Å². The van der Waals surface area contributed by atoms with Crippen LogP contribution in [0.5, 0.6) is 0 Å². The molecule has 1 aromatic heterocycles. The van der Waals surface area contributed by atoms with E-state index in [0.29, 0.717) is 24.9 Å². The molecular weight excluding hydrogens is 261 g/mol. The van der Waals surface area contributed by atoms with E-state index < -0.39 is 0 Å². The lowest BCUT2D eigenvalue weighted by atomic mass is 10.2. The Morgan fingerprint density at radius 3 is 2.85 bits per heavy atom. The molecule has 0 aliphatic carbocycles. The molecular formula is C14H16FN3O2. The van der Waals surface area contributed by atoms with Crippen LogP contribution in [-0.2, 0) is 11.3 Å². The fourth-order valence-electron chi connectivity index (χ4n) is 2.30. The Hall–Kier alpha value is -1.79. The van der Waals surface area contributed by atoms with Crippen molar-refractivity contribution in [2.75, 3.05) is 19.7 Å². The van der Waals surface area contributed by atoms with Crippen molar-refractivity contribution < 1.29 is 13.7 Å². The van der Waals surface area contributed by atoms with E-state index >= 15 is 0 Å². The van der Waals surface area contributed by atoms with Gasteiger partial charge in [0, 0.05) is 26.6 Å². The highest BCUT2D eigenvalue weighted by atomic mass is 19.1. The molecule has 20 heavy (non-hydrogen) atoms. The first-order valence-corrected chi connectivity index (χ1v) is 6.59. The maximum Gasteiger partial charge on any atom is 0.223 e. The third kappa shape index (κ3) is 3.02. The first-order valence-electron chi connectivity index (χ1n) is 6.59. The first kappa shape index (κ1) is 13.2. The predicted molar refractivity (Wildman–Crippen MR) is 69.4 cm³/mol. The third-order valence-corrected chi connectivity index (χ3v) is 3.30. The quantitative estimate of drug-likeness (QED) is 0.860. The van der Waals surface area contributed by atoms with Crippen LogP contribution in [0.25, 0.3) is 0 Å². The molecule has 5 nitrogen and oxygen atoms in total. The van der Waals surface area contributed by atoms with Crippen molar-refractivity contribution in [3.05, 3.63) is 47.4 Å². The minimum absolute atomic E-state index is 0.165. The maximum absolute atomic E-state index is 12.9. The number of nitrogens with zero attached hydrogens (tertiary/aromatic N) is 3. The Morgan fingerprint density at radius 2 is 2.15 bits per heavy atom. The molecule has 1 unspecified atom stereocenters. The zero-order chi connectivity index (χ0) is 13.9. The Balaban J connectivity index is 1.64. The molecule has 0 N–H and O–H groups in total. The monoisotopic (exact) mass is 277 g/mol. The number of morpholine rings is 1. The van der Waals surface area contributed by atoms with Crippen LogP contribution in [0.4, 0.5) is 4.39 Å². The third-order valence-electron chi connectivity index (χ3n) is 3.30. The molecule has 1 aliphatic heterocycles. The fourth-order valence-corrected chi connectivity index (χ4v) is 2.30. The standard InChI is InChI=1S/C14H16FN3O2/c1-10-16-14(17-20-10)13-9-18(6-7-19-13)8-11-2-4-12(15)5-3-11/h2-5,13H,6-9H2,1H3. The SMILES string of the molecule is Cc1nc(C2CN(Cc3ccc(F)cc3)CCO2)no1. The van der Waals surface area contributed by atoms with Gasteiger partial charge in [-0.15, -0.1) is 0 Å². The average molecular weight is 277 g/mol. The van der Waals surface area contributed by atoms with Crippen LogP contribution in [0.3, 0.4) is 0 Å². The highest BCUT2D eigenvalue weighted by Crippen LogP contribution is 2.21. The number of ether oxygens (including phenoxy) is 1. The van der Waals surface area contributed by atoms with Crippen molar-refractivity contribution >= 4 is 0 Å². The van der Waals surface area contributed by atoms with Crippen molar-refractivity contribution in [1.29, 1.82) is 0 Å². The molecule has 1 aromatic carbocycles. The summed E-state index contributed by atoms with van der Waals surface area (Å²) in [5, 5.41) is 3.91. The summed E-state index contributed by atoms with van der Waals surface area (Å²) >= 11 is 0. The Kier molecular flexibility index (Phi) is 3.75. The summed E-state index contributed by atoms with van der Waals surface area (Å²) in [5.41, 5.74) is 1.08. The number of hydrogen-bond acceptors (Lipinski definition) is 5. The van der Waals surface area contributed by atoms with Gasteiger partial charge in [0.25, 0.3) is 0 Å². The minimum Gasteiger partial charge on any atom is -0.367 e. The van der Waals surface area contributed by atoms with Gasteiger partial charge in [0.15, 0.2) is 0 Å². The van der Waals surface area contributed by atoms with E-state index in [0.717, 1.165) is 18.7 Å². The van der Waals surface area contributed by atoms with E-state index in [-0.39, 0.29) is 11.9 Å². The van der Waals surface area contributed by atoms with E-state index in [1.807, 2.05) is 0 Å². The Bertz CT molecular complexity index is 570. The van der Waals surface area contributed by atoms with Gasteiger partial charge in [0.1, 0.15) is 11.9 Å². The normalized spacial score (nSPS) is 20.2. The predicted octanol–water partition coefficient (Wildman–Crippen LogP) is 2.09. The molecule has 2 aromatic rings. The molecule has 3 rings (SSSR count). The molecule has 2 heterocycles. The highest BCUT2D eigenvalue weighted by molar-refractivity contribution is 5.16. The van der Waals surface area contributed by atoms with E-state index in [4.69, 9.17) is 9.26 Å². The van der Waals surface area contributed by atoms with Crippen LogP contribution in [0.1, 0.15) is 23.4 Å². The zero-order valence-electron chi connectivity index (χ0n) is 11.3. The summed E-state index contributed by atoms with van der Waals surface area (Å²) in [6.45, 7) is 4.69. The van der Waals surface area contributed by atoms with Gasteiger partial charge in [-0.1, -0.05) is 17.3 Å². The Labute approximate surface area is 116 Å². The topological polar surface area (TPSA) is 51.4 Å². The molecule has 1 aliphatic rings. The second kappa shape index (κ2) is 5.68. The van der Waals surface area contributed by atoms with Crippen molar-refractivity contribution in [3.63, 3.8) is 0 Å². The minimum atomic E-state index is -0.212. The molecule has 0 saturated carbocycles. The molecule has 1 atom stereocenters. The molecule has 0 amide bonds. The largest absolute Gasteiger partial charge is 0.367 e. The lowest BCUT2D eigenvalue weighted by molar-refractivity contribution is -0.0380. The summed E-state index contributed by atoms with van der Waals surface area (Å²) in [6.07, 6.45) is -0.165. The molecule has 0 spiro atoms. The zero-order valence-corrected chi connectivity index (χ0v) is 11.3. The van der Waals surface area contributed by atoms with Gasteiger partial charge < -0.3 is 9.26 Å². The highest BCUT2D eigenvalue weighted by Gasteiger charge is 2.25. The van der Waals surface area contributed by atoms with E-state index in [1.165, 1.54) is 12.1 Å². The van der Waals surface area contributed by atoms with Crippen molar-refractivity contribution in [2.24, 2.45) is 0 Å². The summed E-state index contributed by atoms with van der Waals surface area (Å²) in [4.78, 5) is 6.45. The molecule has 0 bridgehead atoms. The lowest BCUT2D eigenvalue weighted by Crippen LogP contribution is -2.38. The van der Waals surface area contributed by atoms with E-state index in [9.17, 15) is 4.39 Å². The van der Waals surface area contributed by atoms with Crippen LogP contribution in [0.15, 0.2) is 28.8 Å². The van der Waals surface area contributed by atoms with Gasteiger partial charge >= 0.3 is 0 Å². The summed E-state index contributed by atoms with van der Waals surface area (Å²) in [6, 6.07) is 6.57. The van der Waals surface area contributed by atoms with Crippen LogP contribution in [0.2, 0.25) is 0 Å². The number of aryl methyl sites for hydroxylation is 1. The average Bonchev–Trinajstić information content (AvgIpc) is 2.89. The van der Waals surface area contributed by atoms with E-state index in [1.54, 1.807) is 19.1 Å². The van der Waals surface area contributed by atoms with Gasteiger partial charge in [0.2, 0.25) is 11.7 Å². The molecule has 6 heteroatoms. The molecule has 0 radical (unpaired) electrons. The van der Waals surface area contributed by atoms with Crippen LogP contribution in [0, 0.1) is 12.7 Å². The molecule has 106 valence electrons. The molecule has 1 saturated heterocycles. The summed E-state index contributed by atoms with van der Waals surface area (Å²) in [5.74, 6) is 0.918. The van der Waals surface area contributed by atoms with Crippen LogP contribution >= 0.6 is 0 Å². The van der Waals surface area contributed by atoms with Crippen molar-refractivity contribution in [1.82, 2.24) is 15.0 Å². The summed E-state index contributed by atoms with van der Waals surface area (Å²) in [7, 11) is 0. The maximum atomic E-state index is 12.9. The summed E-state index contributed by atoms with van der Waals surface area (Å²) < 4.78 is 23.6. The lowest BCUT2D eigenvalue weighted by Gasteiger charge is -2.31. The second-order valence-corrected chi connectivity index (χ2v) is 4.89. The van der Waals surface area contributed by atoms with Gasteiger partial charge in [-0.05, 0) is 17.7 Å². The fraction of sp³-hybridized carbons (Fsp3) is 0.429. The van der Waals surface area contributed by atoms with Crippen molar-refractivity contribution in [2.45, 2.75) is 19.6 Å². The first-order chi connectivity index (χ1) is 9.70. The number of halogens is 1. The number of benzene rings is 1. The number of hydrogen-bond donors (Lipinski definition) is 0. The van der Waals surface area contributed by atoms with Gasteiger partial charge in [-0.25, -0.2) is 4.39 Å². The van der Waals surface area contributed by atoms with Crippen LogP contribution < -0.4 is 0 Å². The molecule has 1 fully saturated rings. The van der Waals surface area contributed by atoms with Crippen LogP contribution in [-0.4, -0.2) is 34.7 Å². The smallest absolute Gasteiger partial charge is 0.223 e.